The van der Waals surface area contributed by atoms with E-state index >= 15 is 0 Å². The maximum absolute atomic E-state index is 12.4. The molecule has 0 saturated heterocycles. The summed E-state index contributed by atoms with van der Waals surface area (Å²) >= 11 is 1.04. The van der Waals surface area contributed by atoms with Crippen LogP contribution in [0, 0.1) is 0 Å². The van der Waals surface area contributed by atoms with Gasteiger partial charge in [-0.15, -0.1) is 11.3 Å². The Kier molecular flexibility index (Phi) is 7.97. The fourth-order valence-corrected chi connectivity index (χ4v) is 3.86. The molecular weight excluding hydrogens is 420 g/mol. The number of esters is 1. The fraction of sp³-hybridized carbons (Fsp3) is 0.588. The minimum absolute atomic E-state index is 0.111. The maximum atomic E-state index is 12.4. The van der Waals surface area contributed by atoms with Crippen molar-refractivity contribution >= 4 is 52.0 Å². The van der Waals surface area contributed by atoms with Crippen LogP contribution in [0.4, 0.5) is 9.93 Å². The third kappa shape index (κ3) is 9.99. The van der Waals surface area contributed by atoms with Gasteiger partial charge in [-0.2, -0.15) is 0 Å². The van der Waals surface area contributed by atoms with Crippen LogP contribution in [0.25, 0.3) is 5.57 Å². The second-order valence-electron chi connectivity index (χ2n) is 8.47. The summed E-state index contributed by atoms with van der Waals surface area (Å²) in [7, 11) is -5.02. The average molecular weight is 449 g/mol. The molecule has 0 saturated carbocycles. The van der Waals surface area contributed by atoms with E-state index in [1.165, 1.54) is 5.38 Å². The van der Waals surface area contributed by atoms with Crippen molar-refractivity contribution in [3.63, 3.8) is 0 Å². The van der Waals surface area contributed by atoms with Crippen molar-refractivity contribution in [2.75, 3.05) is 18.2 Å². The Labute approximate surface area is 171 Å². The molecule has 0 aliphatic heterocycles. The minimum Gasteiger partial charge on any atom is -0.462 e. The molecule has 0 aliphatic carbocycles. The molecular formula is C17H28N2O6S2Si. The van der Waals surface area contributed by atoms with Gasteiger partial charge in [-0.3, -0.25) is 5.32 Å². The fourth-order valence-electron chi connectivity index (χ4n) is 1.80. The molecule has 0 atom stereocenters. The van der Waals surface area contributed by atoms with Crippen molar-refractivity contribution in [1.82, 2.24) is 4.98 Å². The van der Waals surface area contributed by atoms with E-state index in [4.69, 9.17) is 9.47 Å². The second kappa shape index (κ2) is 9.18. The average Bonchev–Trinajstić information content (AvgIpc) is 2.88. The van der Waals surface area contributed by atoms with E-state index in [-0.39, 0.29) is 23.0 Å². The Hall–Kier alpha value is -1.72. The highest BCUT2D eigenvalue weighted by atomic mass is 32.2. The molecule has 158 valence electrons. The van der Waals surface area contributed by atoms with Crippen molar-refractivity contribution in [1.29, 1.82) is 0 Å². The zero-order valence-electron chi connectivity index (χ0n) is 17.3. The quantitative estimate of drug-likeness (QED) is 0.384. The Morgan fingerprint density at radius 1 is 1.29 bits per heavy atom. The minimum atomic E-state index is -3.61. The van der Waals surface area contributed by atoms with Gasteiger partial charge in [-0.25, -0.2) is 23.0 Å². The van der Waals surface area contributed by atoms with Gasteiger partial charge in [0.2, 0.25) is 0 Å². The monoisotopic (exact) mass is 448 g/mol. The molecule has 0 aromatic carbocycles. The van der Waals surface area contributed by atoms with Gasteiger partial charge in [0.15, 0.2) is 15.0 Å². The van der Waals surface area contributed by atoms with Crippen LogP contribution < -0.4 is 5.32 Å². The van der Waals surface area contributed by atoms with Crippen molar-refractivity contribution in [2.45, 2.75) is 52.1 Å². The van der Waals surface area contributed by atoms with Crippen LogP contribution in [0.2, 0.25) is 25.7 Å². The highest BCUT2D eigenvalue weighted by Crippen LogP contribution is 2.24. The molecule has 0 radical (unpaired) electrons. The first-order valence-corrected chi connectivity index (χ1v) is 15.1. The summed E-state index contributed by atoms with van der Waals surface area (Å²) < 4.78 is 33.8. The van der Waals surface area contributed by atoms with Gasteiger partial charge in [-0.05, 0) is 26.8 Å². The van der Waals surface area contributed by atoms with Gasteiger partial charge in [-0.1, -0.05) is 19.6 Å². The molecule has 28 heavy (non-hydrogen) atoms. The van der Waals surface area contributed by atoms with E-state index in [1.807, 2.05) is 0 Å². The molecule has 1 amide bonds. The van der Waals surface area contributed by atoms with Crippen molar-refractivity contribution in [3.05, 3.63) is 16.5 Å². The number of amides is 1. The maximum Gasteiger partial charge on any atom is 0.413 e. The molecule has 1 aromatic heterocycles. The highest BCUT2D eigenvalue weighted by Gasteiger charge is 2.22. The van der Waals surface area contributed by atoms with E-state index < -0.39 is 35.6 Å². The van der Waals surface area contributed by atoms with Gasteiger partial charge in [0, 0.05) is 25.1 Å². The smallest absolute Gasteiger partial charge is 0.413 e. The topological polar surface area (TPSA) is 112 Å². The first-order valence-electron chi connectivity index (χ1n) is 8.60. The molecule has 1 rings (SSSR count). The third-order valence-corrected chi connectivity index (χ3v) is 6.15. The van der Waals surface area contributed by atoms with Crippen LogP contribution in [0.3, 0.4) is 0 Å². The summed E-state index contributed by atoms with van der Waals surface area (Å²) in [5, 5.41) is 4.95. The van der Waals surface area contributed by atoms with Crippen LogP contribution in [0.15, 0.2) is 10.8 Å². The van der Waals surface area contributed by atoms with E-state index in [1.54, 1.807) is 20.8 Å². The summed E-state index contributed by atoms with van der Waals surface area (Å²) in [4.78, 5) is 28.4. The molecule has 0 unspecified atom stereocenters. The molecule has 8 nitrogen and oxygen atoms in total. The van der Waals surface area contributed by atoms with Crippen LogP contribution in [0.1, 0.15) is 26.5 Å². The Morgan fingerprint density at radius 2 is 1.89 bits per heavy atom. The SMILES string of the molecule is CC(C)(C)OC(=O)Nc1nc(C(=CS(C)(=O)=O)C(=O)OCC[Si](C)(C)C)cs1. The molecule has 0 fully saturated rings. The standard InChI is InChI=1S/C17H28N2O6S2Si/c1-17(2,3)25-16(21)19-15-18-13(10-26-15)12(11-27(4,22)23)14(20)24-8-9-28(5,6)7/h10-11H,8-9H2,1-7H3,(H,18,19,21). The summed E-state index contributed by atoms with van der Waals surface area (Å²) in [5.41, 5.74) is -0.739. The number of sulfone groups is 1. The summed E-state index contributed by atoms with van der Waals surface area (Å²) in [6.07, 6.45) is 0.286. The number of thiazole rings is 1. The third-order valence-electron chi connectivity index (χ3n) is 3.03. The summed E-state index contributed by atoms with van der Waals surface area (Å²) in [6.45, 7) is 11.8. The van der Waals surface area contributed by atoms with E-state index in [2.05, 4.69) is 29.9 Å². The first kappa shape index (κ1) is 24.3. The van der Waals surface area contributed by atoms with Gasteiger partial charge in [0.05, 0.1) is 17.9 Å². The van der Waals surface area contributed by atoms with E-state index in [0.717, 1.165) is 29.0 Å². The first-order chi connectivity index (χ1) is 12.6. The summed E-state index contributed by atoms with van der Waals surface area (Å²) in [6, 6.07) is 0.757. The van der Waals surface area contributed by atoms with Crippen molar-refractivity contribution in [2.24, 2.45) is 0 Å². The number of nitrogens with one attached hydrogen (secondary N) is 1. The molecule has 0 spiro atoms. The van der Waals surface area contributed by atoms with Gasteiger partial charge < -0.3 is 9.47 Å². The number of carbonyl (C=O) groups excluding carboxylic acids is 2. The number of carbonyl (C=O) groups is 2. The van der Waals surface area contributed by atoms with E-state index in [9.17, 15) is 18.0 Å². The zero-order chi connectivity index (χ0) is 21.8. The molecule has 0 aliphatic rings. The number of nitrogens with zero attached hydrogens (tertiary/aromatic N) is 1. The van der Waals surface area contributed by atoms with Crippen LogP contribution in [-0.4, -0.2) is 52.0 Å². The summed E-state index contributed by atoms with van der Waals surface area (Å²) in [5.74, 6) is -0.766. The van der Waals surface area contributed by atoms with E-state index in [0.29, 0.717) is 0 Å². The second-order valence-corrected chi connectivity index (χ2v) is 16.8. The van der Waals surface area contributed by atoms with Crippen molar-refractivity contribution in [3.8, 4) is 0 Å². The molecule has 1 heterocycles. The van der Waals surface area contributed by atoms with Crippen molar-refractivity contribution < 1.29 is 27.5 Å². The number of hydrogen-bond acceptors (Lipinski definition) is 8. The Balaban J connectivity index is 2.99. The Bertz CT molecular complexity index is 848. The molecule has 1 aromatic rings. The lowest BCUT2D eigenvalue weighted by Gasteiger charge is -2.18. The number of hydrogen-bond donors (Lipinski definition) is 1. The molecule has 1 N–H and O–H groups in total. The molecule has 0 bridgehead atoms. The molecule has 11 heteroatoms. The highest BCUT2D eigenvalue weighted by molar-refractivity contribution is 7.93. The lowest BCUT2D eigenvalue weighted by atomic mass is 10.2. The van der Waals surface area contributed by atoms with Crippen LogP contribution in [0.5, 0.6) is 0 Å². The van der Waals surface area contributed by atoms with Gasteiger partial charge in [0.25, 0.3) is 0 Å². The number of aromatic nitrogens is 1. The normalized spacial score (nSPS) is 13.2. The number of rotatable bonds is 7. The lowest BCUT2D eigenvalue weighted by Crippen LogP contribution is -2.27. The Morgan fingerprint density at radius 3 is 2.39 bits per heavy atom. The van der Waals surface area contributed by atoms with Crippen LogP contribution in [-0.2, 0) is 24.1 Å². The largest absolute Gasteiger partial charge is 0.462 e. The van der Waals surface area contributed by atoms with Crippen LogP contribution >= 0.6 is 11.3 Å². The predicted octanol–water partition coefficient (Wildman–Crippen LogP) is 3.76. The van der Waals surface area contributed by atoms with Gasteiger partial charge in [0.1, 0.15) is 5.60 Å². The number of anilines is 1. The lowest BCUT2D eigenvalue weighted by molar-refractivity contribution is -0.136. The zero-order valence-corrected chi connectivity index (χ0v) is 19.9. The predicted molar refractivity (Wildman–Crippen MR) is 114 cm³/mol. The number of ether oxygens (including phenoxy) is 2. The van der Waals surface area contributed by atoms with Gasteiger partial charge >= 0.3 is 12.1 Å².